The third-order valence-corrected chi connectivity index (χ3v) is 7.07. The van der Waals surface area contributed by atoms with E-state index in [1.54, 1.807) is 6.92 Å². The molecule has 8 nitrogen and oxygen atoms in total. The topological polar surface area (TPSA) is 104 Å². The molecular formula is C21H23ClF3N5O3S. The molecule has 1 aliphatic carbocycles. The molecule has 34 heavy (non-hydrogen) atoms. The van der Waals surface area contributed by atoms with E-state index in [0.29, 0.717) is 23.4 Å². The van der Waals surface area contributed by atoms with Crippen molar-refractivity contribution in [3.8, 4) is 0 Å². The molecule has 3 rings (SSSR count). The van der Waals surface area contributed by atoms with Gasteiger partial charge in [0.15, 0.2) is 21.5 Å². The molecule has 0 saturated heterocycles. The van der Waals surface area contributed by atoms with Gasteiger partial charge < -0.3 is 5.32 Å². The molecule has 1 aliphatic heterocycles. The predicted molar refractivity (Wildman–Crippen MR) is 122 cm³/mol. The summed E-state index contributed by atoms with van der Waals surface area (Å²) < 4.78 is 65.9. The molecule has 1 saturated carbocycles. The van der Waals surface area contributed by atoms with Crippen LogP contribution in [-0.4, -0.2) is 53.9 Å². The Morgan fingerprint density at radius 3 is 2.56 bits per heavy atom. The summed E-state index contributed by atoms with van der Waals surface area (Å²) in [6.45, 7) is 6.38. The maximum absolute atomic E-state index is 14.0. The Labute approximate surface area is 200 Å². The molecule has 184 valence electrons. The number of pyridine rings is 1. The summed E-state index contributed by atoms with van der Waals surface area (Å²) in [6, 6.07) is 0.736. The van der Waals surface area contributed by atoms with Crippen LogP contribution in [0.3, 0.4) is 0 Å². The summed E-state index contributed by atoms with van der Waals surface area (Å²) in [7, 11) is -3.43. The van der Waals surface area contributed by atoms with Gasteiger partial charge in [0.05, 0.1) is 22.9 Å². The fourth-order valence-corrected chi connectivity index (χ4v) is 4.32. The van der Waals surface area contributed by atoms with E-state index in [-0.39, 0.29) is 39.7 Å². The van der Waals surface area contributed by atoms with Crippen molar-refractivity contribution in [1.29, 1.82) is 0 Å². The number of rotatable bonds is 7. The van der Waals surface area contributed by atoms with Gasteiger partial charge in [0.25, 0.3) is 5.91 Å². The van der Waals surface area contributed by atoms with Crippen LogP contribution < -0.4 is 5.32 Å². The SMILES string of the molecule is C=C(Cl)/N=C1\C(=C/C)N=C(NCc2ccc(S(=O)(=O)CC)cn2)C(=O)N1C(C1CC1)C(F)(F)F. The van der Waals surface area contributed by atoms with Crippen molar-refractivity contribution >= 4 is 39.0 Å². The zero-order chi connectivity index (χ0) is 25.3. The summed E-state index contributed by atoms with van der Waals surface area (Å²) in [6.07, 6.45) is -1.44. The molecule has 1 aromatic rings. The lowest BCUT2D eigenvalue weighted by molar-refractivity contribution is -0.182. The minimum Gasteiger partial charge on any atom is -0.360 e. The van der Waals surface area contributed by atoms with Gasteiger partial charge in [0.2, 0.25) is 0 Å². The Hall–Kier alpha value is -2.73. The molecule has 0 radical (unpaired) electrons. The first-order chi connectivity index (χ1) is 15.9. The lowest BCUT2D eigenvalue weighted by Crippen LogP contribution is -2.59. The smallest absolute Gasteiger partial charge is 0.360 e. The van der Waals surface area contributed by atoms with Crippen LogP contribution in [-0.2, 0) is 21.2 Å². The summed E-state index contributed by atoms with van der Waals surface area (Å²) in [4.78, 5) is 25.9. The number of hydrogen-bond donors (Lipinski definition) is 1. The number of nitrogens with zero attached hydrogens (tertiary/aromatic N) is 4. The molecule has 0 bridgehead atoms. The maximum atomic E-state index is 14.0. The van der Waals surface area contributed by atoms with Gasteiger partial charge in [-0.05, 0) is 37.8 Å². The molecule has 2 heterocycles. The molecule has 1 N–H and O–H groups in total. The van der Waals surface area contributed by atoms with Crippen molar-refractivity contribution in [3.63, 3.8) is 0 Å². The van der Waals surface area contributed by atoms with Gasteiger partial charge in [-0.2, -0.15) is 13.2 Å². The first-order valence-electron chi connectivity index (χ1n) is 10.4. The van der Waals surface area contributed by atoms with Crippen LogP contribution >= 0.6 is 11.6 Å². The normalized spacial score (nSPS) is 20.5. The van der Waals surface area contributed by atoms with E-state index in [1.165, 1.54) is 31.3 Å². The average molecular weight is 518 g/mol. The van der Waals surface area contributed by atoms with Crippen LogP contribution in [0.1, 0.15) is 32.4 Å². The van der Waals surface area contributed by atoms with E-state index in [4.69, 9.17) is 11.6 Å². The summed E-state index contributed by atoms with van der Waals surface area (Å²) in [5.74, 6) is -2.50. The maximum Gasteiger partial charge on any atom is 0.409 e. The summed E-state index contributed by atoms with van der Waals surface area (Å²) >= 11 is 5.75. The van der Waals surface area contributed by atoms with Crippen molar-refractivity contribution in [3.05, 3.63) is 47.5 Å². The summed E-state index contributed by atoms with van der Waals surface area (Å²) in [5.41, 5.74) is 0.387. The first kappa shape index (κ1) is 25.9. The van der Waals surface area contributed by atoms with Gasteiger partial charge in [-0.25, -0.2) is 18.4 Å². The van der Waals surface area contributed by atoms with Gasteiger partial charge in [0, 0.05) is 6.20 Å². The van der Waals surface area contributed by atoms with Crippen LogP contribution in [0, 0.1) is 5.92 Å². The van der Waals surface area contributed by atoms with Crippen LogP contribution in [0.15, 0.2) is 56.7 Å². The van der Waals surface area contributed by atoms with Gasteiger partial charge in [0.1, 0.15) is 16.9 Å². The third kappa shape index (κ3) is 5.66. The second-order valence-corrected chi connectivity index (χ2v) is 10.4. The van der Waals surface area contributed by atoms with E-state index >= 15 is 0 Å². The number of allylic oxidation sites excluding steroid dienone is 1. The lowest BCUT2D eigenvalue weighted by Gasteiger charge is -2.36. The molecule has 13 heteroatoms. The summed E-state index contributed by atoms with van der Waals surface area (Å²) in [5, 5.41) is 2.43. The van der Waals surface area contributed by atoms with E-state index in [9.17, 15) is 26.4 Å². The highest BCUT2D eigenvalue weighted by Crippen LogP contribution is 2.44. The van der Waals surface area contributed by atoms with Crippen molar-refractivity contribution in [2.75, 3.05) is 5.75 Å². The van der Waals surface area contributed by atoms with Gasteiger partial charge >= 0.3 is 6.18 Å². The number of sulfone groups is 1. The largest absolute Gasteiger partial charge is 0.409 e. The highest BCUT2D eigenvalue weighted by atomic mass is 35.5. The van der Waals surface area contributed by atoms with E-state index < -0.39 is 33.9 Å². The second kappa shape index (κ2) is 9.87. The molecule has 1 fully saturated rings. The van der Waals surface area contributed by atoms with E-state index in [0.717, 1.165) is 0 Å². The number of halogens is 4. The van der Waals surface area contributed by atoms with Crippen molar-refractivity contribution < 1.29 is 26.4 Å². The molecule has 0 spiro atoms. The number of aliphatic imine (C=N–C) groups is 2. The highest BCUT2D eigenvalue weighted by Gasteiger charge is 2.56. The quantitative estimate of drug-likeness (QED) is 0.557. The van der Waals surface area contributed by atoms with Crippen LogP contribution in [0.25, 0.3) is 0 Å². The minimum atomic E-state index is -4.70. The molecule has 1 aromatic heterocycles. The predicted octanol–water partition coefficient (Wildman–Crippen LogP) is 3.56. The van der Waals surface area contributed by atoms with Crippen LogP contribution in [0.4, 0.5) is 13.2 Å². The number of aromatic nitrogens is 1. The van der Waals surface area contributed by atoms with Crippen LogP contribution in [0.5, 0.6) is 0 Å². The third-order valence-electron chi connectivity index (χ3n) is 5.27. The van der Waals surface area contributed by atoms with Gasteiger partial charge in [-0.3, -0.25) is 14.7 Å². The number of carbonyl (C=O) groups is 1. The van der Waals surface area contributed by atoms with Crippen LogP contribution in [0.2, 0.25) is 0 Å². The lowest BCUT2D eigenvalue weighted by atomic mass is 10.1. The van der Waals surface area contributed by atoms with Gasteiger partial charge in [-0.15, -0.1) is 0 Å². The standard InChI is InChI=1S/C21H23ClF3N5O3S/c1-4-16-19(28-12(3)22)30(17(13-6-7-13)21(23,24)25)20(31)18(29-16)27-10-14-8-9-15(11-26-14)34(32,33)5-2/h4,8-9,11,13,17H,3,5-7,10H2,1-2H3,(H,27,29)/b16-4+,28-19+. The van der Waals surface area contributed by atoms with E-state index in [1.807, 2.05) is 0 Å². The Morgan fingerprint density at radius 1 is 1.41 bits per heavy atom. The average Bonchev–Trinajstić information content (AvgIpc) is 3.59. The zero-order valence-corrected chi connectivity index (χ0v) is 20.0. The fraction of sp³-hybridized carbons (Fsp3) is 0.429. The molecule has 1 atom stereocenters. The molecule has 1 amide bonds. The van der Waals surface area contributed by atoms with Gasteiger partial charge in [-0.1, -0.05) is 31.2 Å². The number of amidine groups is 2. The second-order valence-electron chi connectivity index (χ2n) is 7.69. The number of nitrogens with one attached hydrogen (secondary N) is 1. The Balaban J connectivity index is 1.93. The zero-order valence-electron chi connectivity index (χ0n) is 18.4. The number of hydrogen-bond acceptors (Lipinski definition) is 7. The Bertz CT molecular complexity index is 1170. The fourth-order valence-electron chi connectivity index (χ4n) is 3.42. The van der Waals surface area contributed by atoms with Crippen molar-refractivity contribution in [1.82, 2.24) is 15.2 Å². The number of alkyl halides is 3. The van der Waals surface area contributed by atoms with Crippen molar-refractivity contribution in [2.24, 2.45) is 15.9 Å². The molecule has 1 unspecified atom stereocenters. The van der Waals surface area contributed by atoms with E-state index in [2.05, 4.69) is 26.9 Å². The number of amides is 1. The molecular weight excluding hydrogens is 495 g/mol. The molecule has 2 aliphatic rings. The monoisotopic (exact) mass is 517 g/mol. The first-order valence-corrected chi connectivity index (χ1v) is 12.4. The minimum absolute atomic E-state index is 0.0242. The Kier molecular flexibility index (Phi) is 7.51. The van der Waals surface area contributed by atoms with Crippen molar-refractivity contribution in [2.45, 2.75) is 50.3 Å². The number of carbonyl (C=O) groups excluding carboxylic acids is 1. The molecule has 0 aromatic carbocycles. The Morgan fingerprint density at radius 2 is 2.09 bits per heavy atom. The highest BCUT2D eigenvalue weighted by molar-refractivity contribution is 7.91.